The molecule has 4 nitrogen and oxygen atoms in total. The van der Waals surface area contributed by atoms with Crippen LogP contribution in [-0.2, 0) is 6.42 Å². The van der Waals surface area contributed by atoms with E-state index in [1.807, 2.05) is 30.3 Å². The van der Waals surface area contributed by atoms with Crippen LogP contribution >= 0.6 is 0 Å². The van der Waals surface area contributed by atoms with Crippen LogP contribution in [0.2, 0.25) is 0 Å². The van der Waals surface area contributed by atoms with Crippen LogP contribution in [0.15, 0.2) is 35.3 Å². The van der Waals surface area contributed by atoms with Gasteiger partial charge in [0.05, 0.1) is 12.6 Å². The number of aliphatic imine (C=N–C) groups is 1. The first-order valence-electron chi connectivity index (χ1n) is 8.94. The number of hydrogen-bond acceptors (Lipinski definition) is 2. The summed E-state index contributed by atoms with van der Waals surface area (Å²) in [5.41, 5.74) is 1.15. The molecule has 0 radical (unpaired) electrons. The normalized spacial score (nSPS) is 23.3. The summed E-state index contributed by atoms with van der Waals surface area (Å²) >= 11 is 0. The van der Waals surface area contributed by atoms with E-state index in [1.54, 1.807) is 0 Å². The first-order valence-corrected chi connectivity index (χ1v) is 8.94. The molecule has 1 aliphatic carbocycles. The Morgan fingerprint density at radius 2 is 1.91 bits per heavy atom. The monoisotopic (exact) mass is 317 g/mol. The molecule has 1 saturated carbocycles. The Morgan fingerprint density at radius 3 is 2.57 bits per heavy atom. The van der Waals surface area contributed by atoms with Gasteiger partial charge in [-0.25, -0.2) is 0 Å². The van der Waals surface area contributed by atoms with Crippen LogP contribution in [0, 0.1) is 5.92 Å². The number of nitrogens with zero attached hydrogens (tertiary/aromatic N) is 1. The van der Waals surface area contributed by atoms with E-state index >= 15 is 0 Å². The van der Waals surface area contributed by atoms with Crippen molar-refractivity contribution in [2.24, 2.45) is 10.9 Å². The summed E-state index contributed by atoms with van der Waals surface area (Å²) in [7, 11) is 0. The Kier molecular flexibility index (Phi) is 7.40. The number of guanidine groups is 1. The summed E-state index contributed by atoms with van der Waals surface area (Å²) in [5.74, 6) is 1.68. The second kappa shape index (κ2) is 9.56. The number of hydrogen-bond donors (Lipinski definition) is 3. The van der Waals surface area contributed by atoms with E-state index in [0.717, 1.165) is 24.0 Å². The van der Waals surface area contributed by atoms with Gasteiger partial charge in [-0.1, -0.05) is 37.3 Å². The highest BCUT2D eigenvalue weighted by atomic mass is 16.3. The molecule has 4 heteroatoms. The molecule has 0 saturated heterocycles. The average Bonchev–Trinajstić information content (AvgIpc) is 2.56. The van der Waals surface area contributed by atoms with Crippen LogP contribution < -0.4 is 10.6 Å². The van der Waals surface area contributed by atoms with Crippen LogP contribution in [0.1, 0.15) is 45.1 Å². The van der Waals surface area contributed by atoms with Crippen molar-refractivity contribution in [1.82, 2.24) is 10.6 Å². The molecular weight excluding hydrogens is 286 g/mol. The van der Waals surface area contributed by atoms with Crippen molar-refractivity contribution in [2.45, 2.75) is 58.1 Å². The molecule has 0 amide bonds. The average molecular weight is 317 g/mol. The van der Waals surface area contributed by atoms with Crippen molar-refractivity contribution >= 4 is 5.96 Å². The highest BCUT2D eigenvalue weighted by Gasteiger charge is 2.19. The van der Waals surface area contributed by atoms with Crippen LogP contribution in [0.5, 0.6) is 0 Å². The Balaban J connectivity index is 1.82. The molecular formula is C19H31N3O. The van der Waals surface area contributed by atoms with Crippen molar-refractivity contribution < 1.29 is 5.11 Å². The van der Waals surface area contributed by atoms with Gasteiger partial charge in [-0.3, -0.25) is 4.99 Å². The van der Waals surface area contributed by atoms with Crippen molar-refractivity contribution in [2.75, 3.05) is 13.1 Å². The second-order valence-electron chi connectivity index (χ2n) is 6.66. The summed E-state index contributed by atoms with van der Waals surface area (Å²) in [5, 5.41) is 17.0. The molecule has 23 heavy (non-hydrogen) atoms. The predicted octanol–water partition coefficient (Wildman–Crippen LogP) is 2.72. The molecule has 0 bridgehead atoms. The van der Waals surface area contributed by atoms with Gasteiger partial charge in [0.2, 0.25) is 0 Å². The zero-order valence-electron chi connectivity index (χ0n) is 14.5. The summed E-state index contributed by atoms with van der Waals surface area (Å²) < 4.78 is 0. The number of nitrogens with one attached hydrogen (secondary N) is 2. The maximum absolute atomic E-state index is 10.2. The molecule has 1 unspecified atom stereocenters. The summed E-state index contributed by atoms with van der Waals surface area (Å²) in [6.07, 6.45) is 5.18. The van der Waals surface area contributed by atoms with Gasteiger partial charge in [0.1, 0.15) is 0 Å². The van der Waals surface area contributed by atoms with Crippen LogP contribution in [0.25, 0.3) is 0 Å². The van der Waals surface area contributed by atoms with E-state index in [4.69, 9.17) is 0 Å². The van der Waals surface area contributed by atoms with Crippen molar-refractivity contribution in [3.8, 4) is 0 Å². The third-order valence-corrected chi connectivity index (χ3v) is 4.48. The molecule has 3 N–H and O–H groups in total. The van der Waals surface area contributed by atoms with Gasteiger partial charge in [0.15, 0.2) is 5.96 Å². The van der Waals surface area contributed by atoms with Crippen LogP contribution in [0.3, 0.4) is 0 Å². The number of benzene rings is 1. The lowest BCUT2D eigenvalue weighted by Crippen LogP contribution is -2.45. The predicted molar refractivity (Wildman–Crippen MR) is 96.7 cm³/mol. The summed E-state index contributed by atoms with van der Waals surface area (Å²) in [6, 6.07) is 10.6. The minimum Gasteiger partial charge on any atom is -0.391 e. The van der Waals surface area contributed by atoms with E-state index in [0.29, 0.717) is 19.0 Å². The Bertz CT molecular complexity index is 467. The van der Waals surface area contributed by atoms with E-state index in [2.05, 4.69) is 29.5 Å². The number of aliphatic hydroxyl groups excluding tert-OH is 1. The van der Waals surface area contributed by atoms with Crippen molar-refractivity contribution in [3.05, 3.63) is 35.9 Å². The third-order valence-electron chi connectivity index (χ3n) is 4.48. The quantitative estimate of drug-likeness (QED) is 0.558. The molecule has 0 aromatic heterocycles. The van der Waals surface area contributed by atoms with Gasteiger partial charge in [-0.05, 0) is 44.1 Å². The molecule has 1 aromatic rings. The second-order valence-corrected chi connectivity index (χ2v) is 6.66. The van der Waals surface area contributed by atoms with E-state index in [1.165, 1.54) is 25.7 Å². The van der Waals surface area contributed by atoms with Gasteiger partial charge >= 0.3 is 0 Å². The highest BCUT2D eigenvalue weighted by Crippen LogP contribution is 2.23. The zero-order valence-corrected chi connectivity index (χ0v) is 14.5. The molecule has 1 fully saturated rings. The molecule has 0 aliphatic heterocycles. The third kappa shape index (κ3) is 6.61. The molecule has 1 atom stereocenters. The first kappa shape index (κ1) is 17.8. The van der Waals surface area contributed by atoms with Crippen LogP contribution in [-0.4, -0.2) is 36.3 Å². The summed E-state index contributed by atoms with van der Waals surface area (Å²) in [6.45, 7) is 5.66. The Hall–Kier alpha value is -1.55. The molecule has 1 aromatic carbocycles. The highest BCUT2D eigenvalue weighted by molar-refractivity contribution is 5.80. The van der Waals surface area contributed by atoms with Crippen molar-refractivity contribution in [1.29, 1.82) is 0 Å². The fraction of sp³-hybridized carbons (Fsp3) is 0.632. The van der Waals surface area contributed by atoms with Gasteiger partial charge < -0.3 is 15.7 Å². The molecule has 0 heterocycles. The van der Waals surface area contributed by atoms with Crippen molar-refractivity contribution in [3.63, 3.8) is 0 Å². The van der Waals surface area contributed by atoms with Crippen LogP contribution in [0.4, 0.5) is 0 Å². The molecule has 0 spiro atoms. The number of rotatable bonds is 6. The number of aliphatic hydroxyl groups is 1. The fourth-order valence-corrected chi connectivity index (χ4v) is 3.07. The first-order chi connectivity index (χ1) is 11.2. The van der Waals surface area contributed by atoms with E-state index in [9.17, 15) is 5.11 Å². The van der Waals surface area contributed by atoms with E-state index < -0.39 is 6.10 Å². The van der Waals surface area contributed by atoms with E-state index in [-0.39, 0.29) is 0 Å². The minimum atomic E-state index is -0.445. The standard InChI is InChI=1S/C19H31N3O/c1-3-20-19(22-17-11-9-15(2)10-12-17)21-14-18(23)13-16-7-5-4-6-8-16/h4-8,15,17-18,23H,3,9-14H2,1-2H3,(H2,20,21,22). The lowest BCUT2D eigenvalue weighted by molar-refractivity contribution is 0.183. The Morgan fingerprint density at radius 1 is 1.22 bits per heavy atom. The minimum absolute atomic E-state index is 0.424. The Labute approximate surface area is 140 Å². The lowest BCUT2D eigenvalue weighted by atomic mass is 9.87. The van der Waals surface area contributed by atoms with Gasteiger partial charge in [-0.2, -0.15) is 0 Å². The molecule has 128 valence electrons. The zero-order chi connectivity index (χ0) is 16.5. The maximum atomic E-state index is 10.2. The van der Waals surface area contributed by atoms with Gasteiger partial charge in [0, 0.05) is 19.0 Å². The smallest absolute Gasteiger partial charge is 0.191 e. The lowest BCUT2D eigenvalue weighted by Gasteiger charge is -2.28. The topological polar surface area (TPSA) is 56.7 Å². The molecule has 2 rings (SSSR count). The van der Waals surface area contributed by atoms with Gasteiger partial charge in [0.25, 0.3) is 0 Å². The van der Waals surface area contributed by atoms with Gasteiger partial charge in [-0.15, -0.1) is 0 Å². The molecule has 1 aliphatic rings. The summed E-state index contributed by atoms with van der Waals surface area (Å²) in [4.78, 5) is 4.57. The maximum Gasteiger partial charge on any atom is 0.191 e. The fourth-order valence-electron chi connectivity index (χ4n) is 3.07. The largest absolute Gasteiger partial charge is 0.391 e. The SMILES string of the molecule is CCNC(=NCC(O)Cc1ccccc1)NC1CCC(C)CC1.